The predicted octanol–water partition coefficient (Wildman–Crippen LogP) is 2.00. The molecule has 0 unspecified atom stereocenters. The smallest absolute Gasteiger partial charge is 0.252 e. The molecule has 0 aliphatic carbocycles. The standard InChI is InChI=1S/C9H5ClN4/c10-7-3-1-2-6(4-7)9-12-8(5-11)13-14-9/h1-4H,(H,12,13,14). The van der Waals surface area contributed by atoms with Gasteiger partial charge in [0.05, 0.1) is 0 Å². The number of hydrogen-bond acceptors (Lipinski definition) is 3. The Bertz CT molecular complexity index is 498. The first-order chi connectivity index (χ1) is 6.79. The first-order valence-corrected chi connectivity index (χ1v) is 4.26. The number of benzene rings is 1. The lowest BCUT2D eigenvalue weighted by Gasteiger charge is -1.94. The third kappa shape index (κ3) is 1.58. The van der Waals surface area contributed by atoms with Crippen LogP contribution < -0.4 is 0 Å². The van der Waals surface area contributed by atoms with Crippen molar-refractivity contribution in [2.75, 3.05) is 0 Å². The Labute approximate surface area is 85.2 Å². The predicted molar refractivity (Wildman–Crippen MR) is 51.5 cm³/mol. The lowest BCUT2D eigenvalue weighted by Crippen LogP contribution is -1.80. The molecule has 4 nitrogen and oxygen atoms in total. The quantitative estimate of drug-likeness (QED) is 0.773. The third-order valence-corrected chi connectivity index (χ3v) is 1.92. The molecular formula is C9H5ClN4. The van der Waals surface area contributed by atoms with Crippen molar-refractivity contribution >= 4 is 11.6 Å². The Balaban J connectivity index is 2.45. The molecule has 0 aliphatic rings. The highest BCUT2D eigenvalue weighted by Gasteiger charge is 2.04. The molecule has 68 valence electrons. The monoisotopic (exact) mass is 204 g/mol. The lowest BCUT2D eigenvalue weighted by molar-refractivity contribution is 1.07. The van der Waals surface area contributed by atoms with Crippen molar-refractivity contribution in [3.8, 4) is 17.5 Å². The summed E-state index contributed by atoms with van der Waals surface area (Å²) in [5.41, 5.74) is 0.812. The van der Waals surface area contributed by atoms with Gasteiger partial charge in [-0.05, 0) is 12.1 Å². The summed E-state index contributed by atoms with van der Waals surface area (Å²) in [6, 6.07) is 9.02. The summed E-state index contributed by atoms with van der Waals surface area (Å²) < 4.78 is 0. The average Bonchev–Trinajstić information content (AvgIpc) is 2.66. The number of aromatic nitrogens is 3. The van der Waals surface area contributed by atoms with Gasteiger partial charge in [0.15, 0.2) is 5.82 Å². The van der Waals surface area contributed by atoms with Crippen molar-refractivity contribution in [1.82, 2.24) is 15.2 Å². The number of rotatable bonds is 1. The topological polar surface area (TPSA) is 65.4 Å². The molecule has 1 heterocycles. The van der Waals surface area contributed by atoms with Crippen molar-refractivity contribution in [2.24, 2.45) is 0 Å². The lowest BCUT2D eigenvalue weighted by atomic mass is 10.2. The maximum atomic E-state index is 8.53. The summed E-state index contributed by atoms with van der Waals surface area (Å²) >= 11 is 5.81. The van der Waals surface area contributed by atoms with Crippen LogP contribution in [0.4, 0.5) is 0 Å². The van der Waals surface area contributed by atoms with E-state index in [9.17, 15) is 0 Å². The minimum absolute atomic E-state index is 0.125. The molecule has 0 bridgehead atoms. The van der Waals surface area contributed by atoms with E-state index < -0.39 is 0 Å². The SMILES string of the molecule is N#Cc1n[nH]c(-c2cccc(Cl)c2)n1. The molecule has 1 N–H and O–H groups in total. The Morgan fingerprint density at radius 3 is 2.93 bits per heavy atom. The van der Waals surface area contributed by atoms with Crippen molar-refractivity contribution in [2.45, 2.75) is 0 Å². The number of nitriles is 1. The molecule has 0 aliphatic heterocycles. The van der Waals surface area contributed by atoms with Crippen LogP contribution in [0.15, 0.2) is 24.3 Å². The molecule has 0 atom stereocenters. The van der Waals surface area contributed by atoms with Crippen LogP contribution in [-0.2, 0) is 0 Å². The van der Waals surface area contributed by atoms with Gasteiger partial charge in [-0.25, -0.2) is 0 Å². The maximum absolute atomic E-state index is 8.53. The summed E-state index contributed by atoms with van der Waals surface area (Å²) in [7, 11) is 0. The number of halogens is 1. The van der Waals surface area contributed by atoms with Gasteiger partial charge in [-0.2, -0.15) is 10.2 Å². The largest absolute Gasteiger partial charge is 0.258 e. The van der Waals surface area contributed by atoms with E-state index in [0.717, 1.165) is 5.56 Å². The van der Waals surface area contributed by atoms with E-state index in [0.29, 0.717) is 10.8 Å². The van der Waals surface area contributed by atoms with E-state index in [-0.39, 0.29) is 5.82 Å². The minimum Gasteiger partial charge on any atom is -0.258 e. The summed E-state index contributed by atoms with van der Waals surface area (Å²) in [6.45, 7) is 0. The second-order valence-electron chi connectivity index (χ2n) is 2.63. The Morgan fingerprint density at radius 1 is 1.43 bits per heavy atom. The number of hydrogen-bond donors (Lipinski definition) is 1. The molecule has 1 aromatic carbocycles. The van der Waals surface area contributed by atoms with Crippen LogP contribution in [0.2, 0.25) is 5.02 Å². The van der Waals surface area contributed by atoms with Crippen molar-refractivity contribution < 1.29 is 0 Å². The van der Waals surface area contributed by atoms with E-state index in [1.807, 2.05) is 18.2 Å². The summed E-state index contributed by atoms with van der Waals surface area (Å²) in [5.74, 6) is 0.670. The zero-order valence-electron chi connectivity index (χ0n) is 7.03. The average molecular weight is 205 g/mol. The molecule has 1 aromatic heterocycles. The Morgan fingerprint density at radius 2 is 2.29 bits per heavy atom. The molecule has 0 fully saturated rings. The molecule has 0 radical (unpaired) electrons. The van der Waals surface area contributed by atoms with E-state index in [4.69, 9.17) is 16.9 Å². The van der Waals surface area contributed by atoms with Gasteiger partial charge in [-0.15, -0.1) is 5.10 Å². The first kappa shape index (κ1) is 8.73. The number of nitrogens with one attached hydrogen (secondary N) is 1. The zero-order valence-corrected chi connectivity index (χ0v) is 7.78. The van der Waals surface area contributed by atoms with Crippen LogP contribution in [0.1, 0.15) is 5.82 Å². The number of aromatic amines is 1. The second-order valence-corrected chi connectivity index (χ2v) is 3.07. The zero-order chi connectivity index (χ0) is 9.97. The highest BCUT2D eigenvalue weighted by atomic mass is 35.5. The van der Waals surface area contributed by atoms with E-state index >= 15 is 0 Å². The molecule has 0 saturated heterocycles. The van der Waals surface area contributed by atoms with E-state index in [2.05, 4.69) is 15.2 Å². The van der Waals surface area contributed by atoms with Crippen molar-refractivity contribution in [1.29, 1.82) is 5.26 Å². The van der Waals surface area contributed by atoms with Gasteiger partial charge in [-0.3, -0.25) is 5.10 Å². The normalized spacial score (nSPS) is 9.71. The van der Waals surface area contributed by atoms with Crippen LogP contribution >= 0.6 is 11.6 Å². The van der Waals surface area contributed by atoms with E-state index in [1.54, 1.807) is 12.1 Å². The fraction of sp³-hybridized carbons (Fsp3) is 0. The summed E-state index contributed by atoms with van der Waals surface area (Å²) in [5, 5.41) is 15.5. The minimum atomic E-state index is 0.125. The molecule has 14 heavy (non-hydrogen) atoms. The summed E-state index contributed by atoms with van der Waals surface area (Å²) in [4.78, 5) is 3.95. The third-order valence-electron chi connectivity index (χ3n) is 1.68. The molecule has 5 heteroatoms. The number of nitrogens with zero attached hydrogens (tertiary/aromatic N) is 3. The van der Waals surface area contributed by atoms with Crippen LogP contribution in [-0.4, -0.2) is 15.2 Å². The van der Waals surface area contributed by atoms with Crippen LogP contribution in [0.5, 0.6) is 0 Å². The van der Waals surface area contributed by atoms with Crippen molar-refractivity contribution in [3.05, 3.63) is 35.1 Å². The van der Waals surface area contributed by atoms with E-state index in [1.165, 1.54) is 0 Å². The second kappa shape index (κ2) is 3.48. The van der Waals surface area contributed by atoms with Gasteiger partial charge in [0, 0.05) is 10.6 Å². The number of H-pyrrole nitrogens is 1. The molecule has 0 spiro atoms. The van der Waals surface area contributed by atoms with Gasteiger partial charge >= 0.3 is 0 Å². The fourth-order valence-corrected chi connectivity index (χ4v) is 1.27. The molecule has 0 saturated carbocycles. The van der Waals surface area contributed by atoms with Gasteiger partial charge in [-0.1, -0.05) is 23.7 Å². The molecular weight excluding hydrogens is 200 g/mol. The fourth-order valence-electron chi connectivity index (χ4n) is 1.08. The Hall–Kier alpha value is -1.86. The molecule has 0 amide bonds. The maximum Gasteiger partial charge on any atom is 0.252 e. The summed E-state index contributed by atoms with van der Waals surface area (Å²) in [6.07, 6.45) is 0. The van der Waals surface area contributed by atoms with Crippen LogP contribution in [0.25, 0.3) is 11.4 Å². The van der Waals surface area contributed by atoms with Gasteiger partial charge in [0.2, 0.25) is 0 Å². The molecule has 2 aromatic rings. The van der Waals surface area contributed by atoms with Crippen LogP contribution in [0, 0.1) is 11.3 Å². The van der Waals surface area contributed by atoms with Crippen LogP contribution in [0.3, 0.4) is 0 Å². The van der Waals surface area contributed by atoms with Gasteiger partial charge in [0.25, 0.3) is 5.82 Å². The van der Waals surface area contributed by atoms with Crippen molar-refractivity contribution in [3.63, 3.8) is 0 Å². The first-order valence-electron chi connectivity index (χ1n) is 3.88. The highest BCUT2D eigenvalue weighted by molar-refractivity contribution is 6.30. The van der Waals surface area contributed by atoms with Gasteiger partial charge < -0.3 is 0 Å². The highest BCUT2D eigenvalue weighted by Crippen LogP contribution is 2.18. The van der Waals surface area contributed by atoms with Gasteiger partial charge in [0.1, 0.15) is 6.07 Å². The molecule has 2 rings (SSSR count). The Kier molecular flexibility index (Phi) is 2.17.